The molecule has 1 nitrogen and oxygen atoms in total. The number of thiophene rings is 1. The highest BCUT2D eigenvalue weighted by molar-refractivity contribution is 7.19. The summed E-state index contributed by atoms with van der Waals surface area (Å²) in [4.78, 5) is 1.31. The van der Waals surface area contributed by atoms with E-state index < -0.39 is 0 Å². The van der Waals surface area contributed by atoms with Crippen LogP contribution in [0.15, 0.2) is 42.0 Å². The molecule has 0 bridgehead atoms. The van der Waals surface area contributed by atoms with Gasteiger partial charge in [-0.1, -0.05) is 42.7 Å². The van der Waals surface area contributed by atoms with Crippen LogP contribution in [0.1, 0.15) is 49.4 Å². The molecule has 1 atom stereocenters. The maximum atomic E-state index is 6.50. The molecule has 19 heavy (non-hydrogen) atoms. The van der Waals surface area contributed by atoms with Gasteiger partial charge in [0, 0.05) is 9.58 Å². The Morgan fingerprint density at radius 3 is 2.79 bits per heavy atom. The summed E-state index contributed by atoms with van der Waals surface area (Å²) in [6.45, 7) is 0. The summed E-state index contributed by atoms with van der Waals surface area (Å²) in [5.74, 6) is 0. The standard InChI is InChI=1S/C17H21NS/c18-17(13-8-4-2-1-3-5-9-13)16-12-14-10-6-7-11-15(14)19-16/h6-8,10-12,17H,1-5,9,18H2/b13-8+. The first kappa shape index (κ1) is 12.9. The summed E-state index contributed by atoms with van der Waals surface area (Å²) in [5.41, 5.74) is 7.95. The fourth-order valence-electron chi connectivity index (χ4n) is 2.84. The van der Waals surface area contributed by atoms with Gasteiger partial charge in [-0.25, -0.2) is 0 Å². The van der Waals surface area contributed by atoms with E-state index in [0.29, 0.717) is 0 Å². The van der Waals surface area contributed by atoms with Gasteiger partial charge >= 0.3 is 0 Å². The zero-order valence-corrected chi connectivity index (χ0v) is 12.1. The number of fused-ring (bicyclic) bond motifs is 1. The van der Waals surface area contributed by atoms with Crippen molar-refractivity contribution in [2.75, 3.05) is 0 Å². The van der Waals surface area contributed by atoms with Gasteiger partial charge in [0.1, 0.15) is 0 Å². The number of hydrogen-bond donors (Lipinski definition) is 1. The van der Waals surface area contributed by atoms with E-state index in [4.69, 9.17) is 5.73 Å². The molecule has 0 amide bonds. The minimum absolute atomic E-state index is 0.107. The van der Waals surface area contributed by atoms with Crippen LogP contribution in [0.25, 0.3) is 10.1 Å². The Balaban J connectivity index is 1.87. The molecular formula is C17H21NS. The topological polar surface area (TPSA) is 26.0 Å². The van der Waals surface area contributed by atoms with Gasteiger partial charge in [0.2, 0.25) is 0 Å². The molecule has 1 heterocycles. The van der Waals surface area contributed by atoms with Gasteiger partial charge < -0.3 is 5.73 Å². The average molecular weight is 271 g/mol. The Labute approximate surface area is 119 Å². The third-order valence-electron chi connectivity index (χ3n) is 3.98. The summed E-state index contributed by atoms with van der Waals surface area (Å²) in [5, 5.41) is 1.32. The highest BCUT2D eigenvalue weighted by Gasteiger charge is 2.15. The van der Waals surface area contributed by atoms with Crippen LogP contribution in [-0.4, -0.2) is 0 Å². The number of rotatable bonds is 2. The molecule has 2 heteroatoms. The first-order valence-corrected chi connectivity index (χ1v) is 8.09. The molecule has 0 aliphatic heterocycles. The average Bonchev–Trinajstić information content (AvgIpc) is 2.81. The van der Waals surface area contributed by atoms with E-state index in [1.807, 2.05) is 11.3 Å². The minimum atomic E-state index is 0.107. The second-order valence-electron chi connectivity index (χ2n) is 5.40. The van der Waals surface area contributed by atoms with Gasteiger partial charge in [0.25, 0.3) is 0 Å². The first-order valence-electron chi connectivity index (χ1n) is 7.27. The molecule has 0 spiro atoms. The van der Waals surface area contributed by atoms with Crippen LogP contribution in [-0.2, 0) is 0 Å². The van der Waals surface area contributed by atoms with E-state index in [1.165, 1.54) is 59.1 Å². The molecule has 1 aliphatic carbocycles. The number of nitrogens with two attached hydrogens (primary N) is 1. The quantitative estimate of drug-likeness (QED) is 0.748. The van der Waals surface area contributed by atoms with E-state index >= 15 is 0 Å². The highest BCUT2D eigenvalue weighted by atomic mass is 32.1. The van der Waals surface area contributed by atoms with Gasteiger partial charge in [0.15, 0.2) is 0 Å². The Kier molecular flexibility index (Phi) is 4.00. The van der Waals surface area contributed by atoms with Crippen molar-refractivity contribution in [1.82, 2.24) is 0 Å². The molecule has 0 saturated heterocycles. The third kappa shape index (κ3) is 2.90. The lowest BCUT2D eigenvalue weighted by molar-refractivity contribution is 0.604. The predicted molar refractivity (Wildman–Crippen MR) is 84.5 cm³/mol. The second-order valence-corrected chi connectivity index (χ2v) is 6.51. The van der Waals surface area contributed by atoms with E-state index in [9.17, 15) is 0 Å². The van der Waals surface area contributed by atoms with Crippen molar-refractivity contribution in [2.45, 2.75) is 44.6 Å². The molecule has 2 aromatic rings. The molecule has 1 unspecified atom stereocenters. The van der Waals surface area contributed by atoms with Gasteiger partial charge in [-0.05, 0) is 43.2 Å². The minimum Gasteiger partial charge on any atom is -0.320 e. The molecule has 1 aromatic carbocycles. The SMILES string of the molecule is NC(/C1=C/CCCCCC1)c1cc2ccccc2s1. The zero-order chi connectivity index (χ0) is 13.1. The molecule has 100 valence electrons. The number of hydrogen-bond acceptors (Lipinski definition) is 2. The van der Waals surface area contributed by atoms with Crippen molar-refractivity contribution < 1.29 is 0 Å². The van der Waals surface area contributed by atoms with Crippen molar-refractivity contribution in [3.8, 4) is 0 Å². The number of allylic oxidation sites excluding steroid dienone is 1. The first-order chi connectivity index (χ1) is 9.34. The van der Waals surface area contributed by atoms with Crippen molar-refractivity contribution in [1.29, 1.82) is 0 Å². The normalized spacial score (nSPS) is 21.4. The van der Waals surface area contributed by atoms with Crippen LogP contribution in [0, 0.1) is 0 Å². The monoisotopic (exact) mass is 271 g/mol. The van der Waals surface area contributed by atoms with Crippen LogP contribution in [0.3, 0.4) is 0 Å². The van der Waals surface area contributed by atoms with Crippen LogP contribution >= 0.6 is 11.3 Å². The maximum absolute atomic E-state index is 6.50. The van der Waals surface area contributed by atoms with E-state index in [2.05, 4.69) is 36.4 Å². The van der Waals surface area contributed by atoms with E-state index in [1.54, 1.807) is 0 Å². The van der Waals surface area contributed by atoms with Gasteiger partial charge in [-0.2, -0.15) is 0 Å². The molecule has 1 aliphatic rings. The summed E-state index contributed by atoms with van der Waals surface area (Å²) < 4.78 is 1.35. The van der Waals surface area contributed by atoms with Crippen molar-refractivity contribution in [3.05, 3.63) is 46.9 Å². The predicted octanol–water partition coefficient (Wildman–Crippen LogP) is 5.18. The zero-order valence-electron chi connectivity index (χ0n) is 11.3. The van der Waals surface area contributed by atoms with E-state index in [-0.39, 0.29) is 6.04 Å². The molecule has 3 rings (SSSR count). The lowest BCUT2D eigenvalue weighted by Gasteiger charge is -2.17. The van der Waals surface area contributed by atoms with Crippen molar-refractivity contribution in [2.24, 2.45) is 5.73 Å². The van der Waals surface area contributed by atoms with Crippen LogP contribution < -0.4 is 5.73 Å². The summed E-state index contributed by atoms with van der Waals surface area (Å²) in [6.07, 6.45) is 10.1. The van der Waals surface area contributed by atoms with Crippen LogP contribution in [0.2, 0.25) is 0 Å². The highest BCUT2D eigenvalue weighted by Crippen LogP contribution is 2.34. The molecular weight excluding hydrogens is 250 g/mol. The summed E-state index contributed by atoms with van der Waals surface area (Å²) >= 11 is 1.85. The fourth-order valence-corrected chi connectivity index (χ4v) is 3.95. The lowest BCUT2D eigenvalue weighted by atomic mass is 9.94. The van der Waals surface area contributed by atoms with Crippen LogP contribution in [0.5, 0.6) is 0 Å². The maximum Gasteiger partial charge on any atom is 0.0605 e. The molecule has 0 radical (unpaired) electrons. The van der Waals surface area contributed by atoms with Gasteiger partial charge in [-0.3, -0.25) is 0 Å². The third-order valence-corrected chi connectivity index (χ3v) is 5.18. The Morgan fingerprint density at radius 1 is 1.05 bits per heavy atom. The van der Waals surface area contributed by atoms with E-state index in [0.717, 1.165) is 0 Å². The smallest absolute Gasteiger partial charge is 0.0605 e. The van der Waals surface area contributed by atoms with Gasteiger partial charge in [-0.15, -0.1) is 11.3 Å². The molecule has 0 saturated carbocycles. The largest absolute Gasteiger partial charge is 0.320 e. The Bertz CT molecular complexity index is 549. The fraction of sp³-hybridized carbons (Fsp3) is 0.412. The molecule has 0 fully saturated rings. The lowest BCUT2D eigenvalue weighted by Crippen LogP contribution is -2.12. The number of benzene rings is 1. The second kappa shape index (κ2) is 5.89. The Hall–Kier alpha value is -1.12. The summed E-state index contributed by atoms with van der Waals surface area (Å²) in [6, 6.07) is 10.9. The molecule has 1 aromatic heterocycles. The van der Waals surface area contributed by atoms with Crippen molar-refractivity contribution in [3.63, 3.8) is 0 Å². The van der Waals surface area contributed by atoms with Crippen LogP contribution in [0.4, 0.5) is 0 Å². The van der Waals surface area contributed by atoms with Crippen molar-refractivity contribution >= 4 is 21.4 Å². The summed E-state index contributed by atoms with van der Waals surface area (Å²) in [7, 11) is 0. The molecule has 2 N–H and O–H groups in total. The Morgan fingerprint density at radius 2 is 1.89 bits per heavy atom. The van der Waals surface area contributed by atoms with Gasteiger partial charge in [0.05, 0.1) is 6.04 Å².